The van der Waals surface area contributed by atoms with Crippen LogP contribution in [0, 0.1) is 0 Å². The molecule has 0 saturated heterocycles. The molecule has 0 radical (unpaired) electrons. The Bertz CT molecular complexity index is 976. The number of aromatic nitrogens is 6. The van der Waals surface area contributed by atoms with Gasteiger partial charge < -0.3 is 5.32 Å². The number of imidazole rings is 1. The van der Waals surface area contributed by atoms with E-state index >= 15 is 0 Å². The molecule has 0 unspecified atom stereocenters. The largest absolute Gasteiger partial charge is 0.319 e. The maximum absolute atomic E-state index is 12.3. The molecule has 0 atom stereocenters. The first-order chi connectivity index (χ1) is 12.3. The molecule has 0 aliphatic carbocycles. The molecule has 1 amide bonds. The van der Waals surface area contributed by atoms with Crippen molar-refractivity contribution in [3.05, 3.63) is 79.3 Å². The second-order valence-corrected chi connectivity index (χ2v) is 5.21. The molecule has 0 saturated carbocycles. The van der Waals surface area contributed by atoms with E-state index in [1.54, 1.807) is 52.5 Å². The molecular formula is C17H13N7O. The average molecular weight is 331 g/mol. The van der Waals surface area contributed by atoms with Crippen molar-refractivity contribution < 1.29 is 4.79 Å². The number of hydrogen-bond donors (Lipinski definition) is 1. The number of rotatable bonds is 4. The van der Waals surface area contributed by atoms with Crippen LogP contribution in [-0.2, 0) is 0 Å². The van der Waals surface area contributed by atoms with E-state index in [0.29, 0.717) is 11.5 Å². The molecule has 4 aromatic rings. The molecule has 1 aromatic carbocycles. The molecule has 8 nitrogen and oxygen atoms in total. The molecule has 1 N–H and O–H groups in total. The second-order valence-electron chi connectivity index (χ2n) is 5.21. The predicted octanol–water partition coefficient (Wildman–Crippen LogP) is 2.10. The Morgan fingerprint density at radius 2 is 1.96 bits per heavy atom. The highest BCUT2D eigenvalue weighted by atomic mass is 16.2. The van der Waals surface area contributed by atoms with E-state index in [1.807, 2.05) is 30.3 Å². The zero-order valence-corrected chi connectivity index (χ0v) is 13.0. The van der Waals surface area contributed by atoms with Crippen LogP contribution in [0.3, 0.4) is 0 Å². The van der Waals surface area contributed by atoms with Gasteiger partial charge in [-0.15, -0.1) is 5.10 Å². The summed E-state index contributed by atoms with van der Waals surface area (Å²) in [5, 5.41) is 10.6. The molecule has 3 aromatic heterocycles. The van der Waals surface area contributed by atoms with Gasteiger partial charge in [0, 0.05) is 12.4 Å². The minimum atomic E-state index is -0.348. The third-order valence-electron chi connectivity index (χ3n) is 3.52. The Kier molecular flexibility index (Phi) is 3.76. The lowest BCUT2D eigenvalue weighted by atomic mass is 10.3. The molecule has 122 valence electrons. The Hall–Kier alpha value is -3.81. The van der Waals surface area contributed by atoms with Gasteiger partial charge in [-0.25, -0.2) is 14.6 Å². The lowest BCUT2D eigenvalue weighted by molar-refractivity contribution is 0.102. The summed E-state index contributed by atoms with van der Waals surface area (Å²) >= 11 is 0. The van der Waals surface area contributed by atoms with Gasteiger partial charge in [-0.05, 0) is 24.3 Å². The fraction of sp³-hybridized carbons (Fsp3) is 0. The zero-order chi connectivity index (χ0) is 17.1. The van der Waals surface area contributed by atoms with E-state index < -0.39 is 0 Å². The van der Waals surface area contributed by atoms with Gasteiger partial charge in [0.2, 0.25) is 0 Å². The normalized spacial score (nSPS) is 10.6. The van der Waals surface area contributed by atoms with Crippen molar-refractivity contribution in [2.75, 3.05) is 5.32 Å². The second kappa shape index (κ2) is 6.36. The summed E-state index contributed by atoms with van der Waals surface area (Å²) in [7, 11) is 0. The Labute approximate surface area is 142 Å². The Morgan fingerprint density at radius 1 is 1.08 bits per heavy atom. The van der Waals surface area contributed by atoms with Crippen LogP contribution >= 0.6 is 0 Å². The van der Waals surface area contributed by atoms with Gasteiger partial charge in [0.05, 0.1) is 23.8 Å². The standard InChI is InChI=1S/C17H13N7O/c25-17(15-11-24(22-21-15)14-4-2-1-3-5-14)20-13-6-7-16(19-10-13)23-9-8-18-12-23/h1-12H,(H,20,25). The first-order valence-electron chi connectivity index (χ1n) is 7.53. The number of pyridine rings is 1. The van der Waals surface area contributed by atoms with Gasteiger partial charge in [-0.3, -0.25) is 9.36 Å². The maximum atomic E-state index is 12.3. The number of anilines is 1. The van der Waals surface area contributed by atoms with Crippen molar-refractivity contribution in [2.45, 2.75) is 0 Å². The molecule has 0 spiro atoms. The lowest BCUT2D eigenvalue weighted by Gasteiger charge is -2.04. The number of nitrogens with zero attached hydrogens (tertiary/aromatic N) is 6. The quantitative estimate of drug-likeness (QED) is 0.618. The van der Waals surface area contributed by atoms with E-state index in [2.05, 4.69) is 25.6 Å². The van der Waals surface area contributed by atoms with Gasteiger partial charge in [0.1, 0.15) is 12.1 Å². The van der Waals surface area contributed by atoms with Crippen molar-refractivity contribution >= 4 is 11.6 Å². The number of carbonyl (C=O) groups is 1. The summed E-state index contributed by atoms with van der Waals surface area (Å²) in [6.45, 7) is 0. The highest BCUT2D eigenvalue weighted by Crippen LogP contribution is 2.11. The molecule has 8 heteroatoms. The zero-order valence-electron chi connectivity index (χ0n) is 13.0. The van der Waals surface area contributed by atoms with E-state index in [4.69, 9.17) is 0 Å². The summed E-state index contributed by atoms with van der Waals surface area (Å²) in [5.74, 6) is 0.366. The number of carbonyl (C=O) groups excluding carboxylic acids is 1. The molecule has 0 aliphatic heterocycles. The third kappa shape index (κ3) is 3.13. The fourth-order valence-electron chi connectivity index (χ4n) is 2.28. The number of amides is 1. The van der Waals surface area contributed by atoms with Crippen LogP contribution in [0.1, 0.15) is 10.5 Å². The summed E-state index contributed by atoms with van der Waals surface area (Å²) < 4.78 is 3.33. The van der Waals surface area contributed by atoms with E-state index in [0.717, 1.165) is 5.69 Å². The maximum Gasteiger partial charge on any atom is 0.277 e. The van der Waals surface area contributed by atoms with E-state index in [-0.39, 0.29) is 11.6 Å². The summed E-state index contributed by atoms with van der Waals surface area (Å²) in [6.07, 6.45) is 8.28. The average Bonchev–Trinajstić information content (AvgIpc) is 3.35. The van der Waals surface area contributed by atoms with Gasteiger partial charge in [-0.2, -0.15) is 0 Å². The van der Waals surface area contributed by atoms with Crippen molar-refractivity contribution in [3.8, 4) is 11.5 Å². The highest BCUT2D eigenvalue weighted by Gasteiger charge is 2.12. The molecule has 0 aliphatic rings. The molecule has 0 fully saturated rings. The van der Waals surface area contributed by atoms with Crippen LogP contribution in [0.4, 0.5) is 5.69 Å². The molecule has 3 heterocycles. The van der Waals surface area contributed by atoms with Crippen LogP contribution in [0.5, 0.6) is 0 Å². The minimum absolute atomic E-state index is 0.225. The van der Waals surface area contributed by atoms with Gasteiger partial charge in [0.15, 0.2) is 5.69 Å². The van der Waals surface area contributed by atoms with Gasteiger partial charge >= 0.3 is 0 Å². The van der Waals surface area contributed by atoms with Gasteiger partial charge in [0.25, 0.3) is 5.91 Å². The summed E-state index contributed by atoms with van der Waals surface area (Å²) in [4.78, 5) is 20.6. The van der Waals surface area contributed by atoms with Crippen molar-refractivity contribution in [1.82, 2.24) is 29.5 Å². The minimum Gasteiger partial charge on any atom is -0.319 e. The number of nitrogens with one attached hydrogen (secondary N) is 1. The summed E-state index contributed by atoms with van der Waals surface area (Å²) in [5.41, 5.74) is 1.63. The van der Waals surface area contributed by atoms with Gasteiger partial charge in [-0.1, -0.05) is 23.4 Å². The van der Waals surface area contributed by atoms with E-state index in [9.17, 15) is 4.79 Å². The Morgan fingerprint density at radius 3 is 2.68 bits per heavy atom. The van der Waals surface area contributed by atoms with Crippen LogP contribution < -0.4 is 5.32 Å². The van der Waals surface area contributed by atoms with Crippen molar-refractivity contribution in [1.29, 1.82) is 0 Å². The van der Waals surface area contributed by atoms with Crippen LogP contribution in [0.15, 0.2) is 73.6 Å². The van der Waals surface area contributed by atoms with Crippen LogP contribution in [0.25, 0.3) is 11.5 Å². The smallest absolute Gasteiger partial charge is 0.277 e. The topological polar surface area (TPSA) is 90.5 Å². The number of benzene rings is 1. The fourth-order valence-corrected chi connectivity index (χ4v) is 2.28. The SMILES string of the molecule is O=C(Nc1ccc(-n2ccnc2)nc1)c1cn(-c2ccccc2)nn1. The van der Waals surface area contributed by atoms with Crippen LogP contribution in [-0.4, -0.2) is 35.4 Å². The summed E-state index contributed by atoms with van der Waals surface area (Å²) in [6, 6.07) is 13.0. The number of hydrogen-bond acceptors (Lipinski definition) is 5. The third-order valence-corrected chi connectivity index (χ3v) is 3.52. The predicted molar refractivity (Wildman–Crippen MR) is 90.7 cm³/mol. The van der Waals surface area contributed by atoms with Crippen molar-refractivity contribution in [2.24, 2.45) is 0 Å². The monoisotopic (exact) mass is 331 g/mol. The molecule has 25 heavy (non-hydrogen) atoms. The lowest BCUT2D eigenvalue weighted by Crippen LogP contribution is -2.12. The van der Waals surface area contributed by atoms with E-state index in [1.165, 1.54) is 0 Å². The number of para-hydroxylation sites is 1. The van der Waals surface area contributed by atoms with Crippen LogP contribution in [0.2, 0.25) is 0 Å². The highest BCUT2D eigenvalue weighted by molar-refractivity contribution is 6.02. The molecule has 0 bridgehead atoms. The first-order valence-corrected chi connectivity index (χ1v) is 7.53. The molecule has 4 rings (SSSR count). The molecular weight excluding hydrogens is 318 g/mol. The Balaban J connectivity index is 1.48. The van der Waals surface area contributed by atoms with Crippen molar-refractivity contribution in [3.63, 3.8) is 0 Å². The first kappa shape index (κ1) is 14.8.